The number of nitrogens with zero attached hydrogens (tertiary/aromatic N) is 3. The number of amides is 1. The molecule has 4 heterocycles. The Kier molecular flexibility index (Phi) is 4.93. The first-order chi connectivity index (χ1) is 13.4. The van der Waals surface area contributed by atoms with Crippen LogP contribution in [0.1, 0.15) is 45.8 Å². The number of fused-ring (bicyclic) bond motifs is 4. The lowest BCUT2D eigenvalue weighted by Gasteiger charge is -2.36. The van der Waals surface area contributed by atoms with Crippen LogP contribution in [0.4, 0.5) is 0 Å². The molecular weight excluding hydrogens is 358 g/mol. The van der Waals surface area contributed by atoms with Crippen LogP contribution in [0.3, 0.4) is 0 Å². The van der Waals surface area contributed by atoms with Gasteiger partial charge in [-0.05, 0) is 44.4 Å². The van der Waals surface area contributed by atoms with Crippen molar-refractivity contribution in [1.29, 1.82) is 0 Å². The third-order valence-corrected chi connectivity index (χ3v) is 5.99. The first kappa shape index (κ1) is 18.7. The van der Waals surface area contributed by atoms with E-state index >= 15 is 0 Å². The smallest absolute Gasteiger partial charge is 0.335 e. The number of aryl methyl sites for hydroxylation is 2. The number of piperidine rings is 1. The van der Waals surface area contributed by atoms with E-state index in [-0.39, 0.29) is 17.9 Å². The minimum atomic E-state index is -0.917. The lowest BCUT2D eigenvalue weighted by atomic mass is 9.93. The Labute approximate surface area is 163 Å². The zero-order chi connectivity index (χ0) is 19.8. The van der Waals surface area contributed by atoms with Crippen molar-refractivity contribution >= 4 is 11.9 Å². The van der Waals surface area contributed by atoms with Gasteiger partial charge in [0.15, 0.2) is 0 Å². The number of aromatic carboxylic acids is 1. The minimum absolute atomic E-state index is 0.0116. The number of carboxylic acids is 1. The third kappa shape index (κ3) is 3.54. The van der Waals surface area contributed by atoms with Gasteiger partial charge in [0.05, 0.1) is 23.7 Å². The Hall–Kier alpha value is -2.67. The molecule has 2 bridgehead atoms. The summed E-state index contributed by atoms with van der Waals surface area (Å²) in [6.45, 7) is 6.66. The highest BCUT2D eigenvalue weighted by Gasteiger charge is 2.41. The second-order valence-electron chi connectivity index (χ2n) is 7.89. The van der Waals surface area contributed by atoms with Gasteiger partial charge >= 0.3 is 5.97 Å². The van der Waals surface area contributed by atoms with Gasteiger partial charge in [-0.2, -0.15) is 0 Å². The van der Waals surface area contributed by atoms with Crippen molar-refractivity contribution in [2.45, 2.75) is 45.8 Å². The molecule has 1 aromatic heterocycles. The summed E-state index contributed by atoms with van der Waals surface area (Å²) in [5.41, 5.74) is 3.22. The predicted molar refractivity (Wildman–Crippen MR) is 102 cm³/mol. The van der Waals surface area contributed by atoms with Crippen LogP contribution in [0.2, 0.25) is 0 Å². The molecule has 2 atom stereocenters. The molecule has 7 nitrogen and oxygen atoms in total. The molecule has 3 aliphatic heterocycles. The van der Waals surface area contributed by atoms with Crippen LogP contribution in [0.15, 0.2) is 28.8 Å². The van der Waals surface area contributed by atoms with Crippen molar-refractivity contribution in [3.8, 4) is 0 Å². The minimum Gasteiger partial charge on any atom is -0.478 e. The predicted octanol–water partition coefficient (Wildman–Crippen LogP) is 2.61. The molecule has 7 heteroatoms. The van der Waals surface area contributed by atoms with Crippen molar-refractivity contribution in [1.82, 2.24) is 15.0 Å². The summed E-state index contributed by atoms with van der Waals surface area (Å²) in [7, 11) is 0. The standard InChI is InChI=1S/C21H25N3O4/c1-13-19(14(2)28-22-13)12-24-18-8-7-17(20(24)25)10-23(11-18)9-15-3-5-16(6-4-15)21(26)27/h3-6,17-18H,7-12H2,1-2H3,(H,26,27). The maximum atomic E-state index is 13.1. The lowest BCUT2D eigenvalue weighted by Crippen LogP contribution is -2.47. The van der Waals surface area contributed by atoms with E-state index in [0.29, 0.717) is 12.1 Å². The summed E-state index contributed by atoms with van der Waals surface area (Å²) < 4.78 is 5.27. The molecule has 0 spiro atoms. The van der Waals surface area contributed by atoms with Crippen LogP contribution < -0.4 is 0 Å². The van der Waals surface area contributed by atoms with E-state index in [9.17, 15) is 9.59 Å². The fourth-order valence-electron chi connectivity index (χ4n) is 4.38. The van der Waals surface area contributed by atoms with Crippen molar-refractivity contribution < 1.29 is 19.2 Å². The number of carbonyl (C=O) groups excluding carboxylic acids is 1. The van der Waals surface area contributed by atoms with Crippen LogP contribution in [0.25, 0.3) is 0 Å². The van der Waals surface area contributed by atoms with E-state index in [4.69, 9.17) is 9.63 Å². The molecule has 3 fully saturated rings. The summed E-state index contributed by atoms with van der Waals surface area (Å²) in [6, 6.07) is 7.18. The molecular formula is C21H25N3O4. The van der Waals surface area contributed by atoms with Crippen LogP contribution in [-0.4, -0.2) is 51.1 Å². The summed E-state index contributed by atoms with van der Waals surface area (Å²) >= 11 is 0. The number of carbonyl (C=O) groups is 2. The molecule has 3 saturated heterocycles. The second kappa shape index (κ2) is 7.39. The van der Waals surface area contributed by atoms with Gasteiger partial charge in [-0.3, -0.25) is 9.69 Å². The molecule has 148 valence electrons. The van der Waals surface area contributed by atoms with E-state index in [2.05, 4.69) is 10.1 Å². The van der Waals surface area contributed by atoms with Gasteiger partial charge in [0.2, 0.25) is 5.91 Å². The molecule has 1 amide bonds. The molecule has 28 heavy (non-hydrogen) atoms. The van der Waals surface area contributed by atoms with Gasteiger partial charge in [-0.1, -0.05) is 17.3 Å². The zero-order valence-electron chi connectivity index (χ0n) is 16.2. The summed E-state index contributed by atoms with van der Waals surface area (Å²) in [5, 5.41) is 13.1. The third-order valence-electron chi connectivity index (χ3n) is 5.99. The SMILES string of the molecule is Cc1noc(C)c1CN1C(=O)C2CCC1CN(Cc1ccc(C(=O)O)cc1)C2. The molecule has 3 aliphatic rings. The van der Waals surface area contributed by atoms with Crippen LogP contribution >= 0.6 is 0 Å². The zero-order valence-corrected chi connectivity index (χ0v) is 16.2. The van der Waals surface area contributed by atoms with Crippen molar-refractivity contribution in [2.75, 3.05) is 13.1 Å². The fraction of sp³-hybridized carbons (Fsp3) is 0.476. The van der Waals surface area contributed by atoms with Crippen LogP contribution in [-0.2, 0) is 17.9 Å². The van der Waals surface area contributed by atoms with Gasteiger partial charge in [-0.15, -0.1) is 0 Å². The normalized spacial score (nSPS) is 22.5. The van der Waals surface area contributed by atoms with E-state index in [1.165, 1.54) is 0 Å². The Balaban J connectivity index is 1.49. The average Bonchev–Trinajstić information content (AvgIpc) is 2.83. The maximum Gasteiger partial charge on any atom is 0.335 e. The van der Waals surface area contributed by atoms with E-state index < -0.39 is 5.97 Å². The lowest BCUT2D eigenvalue weighted by molar-refractivity contribution is -0.140. The van der Waals surface area contributed by atoms with Crippen molar-refractivity contribution in [2.24, 2.45) is 5.92 Å². The number of hydrogen-bond donors (Lipinski definition) is 1. The highest BCUT2D eigenvalue weighted by Crippen LogP contribution is 2.32. The monoisotopic (exact) mass is 383 g/mol. The summed E-state index contributed by atoms with van der Waals surface area (Å²) in [4.78, 5) is 28.4. The maximum absolute atomic E-state index is 13.1. The molecule has 5 rings (SSSR count). The molecule has 2 aromatic rings. The van der Waals surface area contributed by atoms with Gasteiger partial charge in [0, 0.05) is 31.2 Å². The fourth-order valence-corrected chi connectivity index (χ4v) is 4.38. The number of benzene rings is 1. The van der Waals surface area contributed by atoms with Gasteiger partial charge in [0.25, 0.3) is 0 Å². The van der Waals surface area contributed by atoms with E-state index in [0.717, 1.165) is 55.1 Å². The van der Waals surface area contributed by atoms with Crippen LogP contribution in [0.5, 0.6) is 0 Å². The first-order valence-electron chi connectivity index (χ1n) is 9.69. The summed E-state index contributed by atoms with van der Waals surface area (Å²) in [6.07, 6.45) is 1.93. The Morgan fingerprint density at radius 1 is 1.18 bits per heavy atom. The van der Waals surface area contributed by atoms with Gasteiger partial charge < -0.3 is 14.5 Å². The molecule has 0 saturated carbocycles. The number of hydrogen-bond acceptors (Lipinski definition) is 5. The molecule has 1 aromatic carbocycles. The Morgan fingerprint density at radius 3 is 2.57 bits per heavy atom. The molecule has 0 aliphatic carbocycles. The second-order valence-corrected chi connectivity index (χ2v) is 7.89. The average molecular weight is 383 g/mol. The molecule has 1 N–H and O–H groups in total. The number of carboxylic acid groups (broad SMARTS) is 1. The molecule has 2 unspecified atom stereocenters. The van der Waals surface area contributed by atoms with Gasteiger partial charge in [-0.25, -0.2) is 4.79 Å². The van der Waals surface area contributed by atoms with E-state index in [1.807, 2.05) is 30.9 Å². The van der Waals surface area contributed by atoms with Gasteiger partial charge in [0.1, 0.15) is 5.76 Å². The number of rotatable bonds is 5. The highest BCUT2D eigenvalue weighted by molar-refractivity contribution is 5.87. The van der Waals surface area contributed by atoms with E-state index in [1.54, 1.807) is 12.1 Å². The largest absolute Gasteiger partial charge is 0.478 e. The quantitative estimate of drug-likeness (QED) is 0.854. The summed E-state index contributed by atoms with van der Waals surface area (Å²) in [5.74, 6) is 0.0956. The van der Waals surface area contributed by atoms with Crippen molar-refractivity contribution in [3.63, 3.8) is 0 Å². The number of aromatic nitrogens is 1. The highest BCUT2D eigenvalue weighted by atomic mass is 16.5. The van der Waals surface area contributed by atoms with Crippen LogP contribution in [0, 0.1) is 19.8 Å². The van der Waals surface area contributed by atoms with Crippen molar-refractivity contribution in [3.05, 3.63) is 52.4 Å². The Bertz CT molecular complexity index is 870. The Morgan fingerprint density at radius 2 is 1.93 bits per heavy atom. The first-order valence-corrected chi connectivity index (χ1v) is 9.69. The molecule has 0 radical (unpaired) electrons. The topological polar surface area (TPSA) is 86.9 Å².